The Morgan fingerprint density at radius 3 is 2.04 bits per heavy atom. The normalized spacial score (nSPS) is 25.3. The second kappa shape index (κ2) is 7.93. The van der Waals surface area contributed by atoms with Gasteiger partial charge in [0.1, 0.15) is 5.84 Å². The fourth-order valence-electron chi connectivity index (χ4n) is 4.32. The Hall–Kier alpha value is -0.680. The molecule has 0 amide bonds. The minimum Gasteiger partial charge on any atom is -0.383 e. The van der Waals surface area contributed by atoms with E-state index in [0.717, 1.165) is 29.8 Å². The van der Waals surface area contributed by atoms with Crippen molar-refractivity contribution in [3.8, 4) is 0 Å². The van der Waals surface area contributed by atoms with Gasteiger partial charge >= 0.3 is 0 Å². The van der Waals surface area contributed by atoms with Gasteiger partial charge in [-0.25, -0.2) is 0 Å². The van der Waals surface area contributed by atoms with Crippen LogP contribution in [0.15, 0.2) is 10.6 Å². The molecule has 0 bridgehead atoms. The molecular formula is C18H32N4S. The first-order valence-electron chi connectivity index (χ1n) is 9.43. The lowest BCUT2D eigenvalue weighted by Gasteiger charge is -2.36. The summed E-state index contributed by atoms with van der Waals surface area (Å²) in [6.07, 6.45) is 13.8. The van der Waals surface area contributed by atoms with Crippen molar-refractivity contribution in [3.63, 3.8) is 0 Å². The summed E-state index contributed by atoms with van der Waals surface area (Å²) in [4.78, 5) is 0.969. The van der Waals surface area contributed by atoms with E-state index in [-0.39, 0.29) is 5.84 Å². The van der Waals surface area contributed by atoms with Crippen LogP contribution in [0.5, 0.6) is 0 Å². The van der Waals surface area contributed by atoms with Crippen molar-refractivity contribution in [1.82, 2.24) is 9.42 Å². The highest BCUT2D eigenvalue weighted by Gasteiger charge is 2.33. The van der Waals surface area contributed by atoms with E-state index in [9.17, 15) is 0 Å². The molecule has 4 nitrogen and oxygen atoms in total. The first-order valence-corrected chi connectivity index (χ1v) is 10.2. The van der Waals surface area contributed by atoms with Gasteiger partial charge in [0.25, 0.3) is 0 Å². The molecule has 130 valence electrons. The number of nitrogens with two attached hydrogens (primary N) is 1. The maximum atomic E-state index is 7.89. The van der Waals surface area contributed by atoms with E-state index >= 15 is 0 Å². The van der Waals surface area contributed by atoms with Gasteiger partial charge in [-0.1, -0.05) is 38.5 Å². The third-order valence-electron chi connectivity index (χ3n) is 5.72. The molecule has 1 heterocycles. The van der Waals surface area contributed by atoms with Gasteiger partial charge in [-0.15, -0.1) is 0 Å². The zero-order valence-corrected chi connectivity index (χ0v) is 15.3. The Kier molecular flexibility index (Phi) is 5.91. The predicted molar refractivity (Wildman–Crippen MR) is 98.8 cm³/mol. The van der Waals surface area contributed by atoms with Crippen molar-refractivity contribution in [1.29, 1.82) is 5.41 Å². The summed E-state index contributed by atoms with van der Waals surface area (Å²) in [6, 6.07) is 0. The number of rotatable bonds is 5. The van der Waals surface area contributed by atoms with Gasteiger partial charge in [0, 0.05) is 18.8 Å². The molecule has 2 saturated carbocycles. The monoisotopic (exact) mass is 336 g/mol. The number of amidine groups is 1. The fourth-order valence-corrected chi connectivity index (χ4v) is 5.44. The first-order chi connectivity index (χ1) is 11.1. The highest BCUT2D eigenvalue weighted by molar-refractivity contribution is 8.02. The SMILES string of the molecule is CC1=C(C(=N)N)SN(CC2CCCCC2)N1CC1CCCCC1. The molecule has 3 N–H and O–H groups in total. The molecule has 0 saturated heterocycles. The van der Waals surface area contributed by atoms with Crippen molar-refractivity contribution >= 4 is 17.8 Å². The highest BCUT2D eigenvalue weighted by atomic mass is 32.2. The molecular weight excluding hydrogens is 304 g/mol. The van der Waals surface area contributed by atoms with E-state index in [1.807, 2.05) is 0 Å². The molecule has 0 radical (unpaired) electrons. The predicted octanol–water partition coefficient (Wildman–Crippen LogP) is 4.50. The van der Waals surface area contributed by atoms with Crippen molar-refractivity contribution in [3.05, 3.63) is 10.6 Å². The van der Waals surface area contributed by atoms with Crippen LogP contribution < -0.4 is 5.73 Å². The zero-order chi connectivity index (χ0) is 16.2. The van der Waals surface area contributed by atoms with Crippen LogP contribution in [-0.4, -0.2) is 28.3 Å². The average molecular weight is 337 g/mol. The number of nitrogens with zero attached hydrogens (tertiary/aromatic N) is 2. The lowest BCUT2D eigenvalue weighted by atomic mass is 9.89. The van der Waals surface area contributed by atoms with Gasteiger partial charge < -0.3 is 5.73 Å². The van der Waals surface area contributed by atoms with Gasteiger partial charge in [0.15, 0.2) is 0 Å². The Morgan fingerprint density at radius 2 is 1.52 bits per heavy atom. The number of hydrogen-bond donors (Lipinski definition) is 2. The second-order valence-electron chi connectivity index (χ2n) is 7.54. The number of nitrogens with one attached hydrogen (secondary N) is 1. The van der Waals surface area contributed by atoms with E-state index in [1.54, 1.807) is 11.9 Å². The third kappa shape index (κ3) is 4.24. The molecule has 0 unspecified atom stereocenters. The Balaban J connectivity index is 1.67. The lowest BCUT2D eigenvalue weighted by Crippen LogP contribution is -2.40. The molecule has 2 fully saturated rings. The van der Waals surface area contributed by atoms with Crippen LogP contribution in [0.25, 0.3) is 0 Å². The maximum absolute atomic E-state index is 7.89. The molecule has 2 aliphatic carbocycles. The van der Waals surface area contributed by atoms with Crippen LogP contribution in [-0.2, 0) is 0 Å². The standard InChI is InChI=1S/C18H32N4S/c1-14-17(18(19)20)23-22(13-16-10-6-3-7-11-16)21(14)12-15-8-4-2-5-9-15/h15-16H,2-13H2,1H3,(H3,19,20). The van der Waals surface area contributed by atoms with Crippen LogP contribution >= 0.6 is 11.9 Å². The molecule has 3 rings (SSSR count). The molecule has 0 aromatic rings. The van der Waals surface area contributed by atoms with Crippen LogP contribution in [0.4, 0.5) is 0 Å². The van der Waals surface area contributed by atoms with Gasteiger partial charge in [0.2, 0.25) is 0 Å². The Bertz CT molecular complexity index is 450. The molecule has 3 aliphatic rings. The molecule has 0 aromatic heterocycles. The average Bonchev–Trinajstić information content (AvgIpc) is 2.86. The maximum Gasteiger partial charge on any atom is 0.132 e. The summed E-state index contributed by atoms with van der Waals surface area (Å²) in [5.74, 6) is 1.84. The van der Waals surface area contributed by atoms with Gasteiger partial charge in [-0.3, -0.25) is 10.4 Å². The van der Waals surface area contributed by atoms with Gasteiger partial charge in [-0.05, 0) is 56.4 Å². The topological polar surface area (TPSA) is 56.4 Å². The Labute approximate surface area is 145 Å². The fraction of sp³-hybridized carbons (Fsp3) is 0.833. The first kappa shape index (κ1) is 17.2. The zero-order valence-electron chi connectivity index (χ0n) is 14.5. The quantitative estimate of drug-likeness (QED) is 0.441. The molecule has 0 spiro atoms. The van der Waals surface area contributed by atoms with E-state index < -0.39 is 0 Å². The van der Waals surface area contributed by atoms with E-state index in [0.29, 0.717) is 0 Å². The summed E-state index contributed by atoms with van der Waals surface area (Å²) in [5, 5.41) is 10.3. The van der Waals surface area contributed by atoms with Crippen LogP contribution in [0.3, 0.4) is 0 Å². The molecule has 23 heavy (non-hydrogen) atoms. The van der Waals surface area contributed by atoms with Gasteiger partial charge in [0.05, 0.1) is 4.91 Å². The van der Waals surface area contributed by atoms with E-state index in [1.165, 1.54) is 69.9 Å². The lowest BCUT2D eigenvalue weighted by molar-refractivity contribution is 0.0717. The number of allylic oxidation sites excluding steroid dienone is 1. The van der Waals surface area contributed by atoms with Crippen molar-refractivity contribution in [2.24, 2.45) is 17.6 Å². The van der Waals surface area contributed by atoms with Gasteiger partial charge in [-0.2, -0.15) is 4.41 Å². The Morgan fingerprint density at radius 1 is 1.00 bits per heavy atom. The van der Waals surface area contributed by atoms with Crippen molar-refractivity contribution < 1.29 is 0 Å². The van der Waals surface area contributed by atoms with Crippen molar-refractivity contribution in [2.75, 3.05) is 13.1 Å². The van der Waals surface area contributed by atoms with Crippen LogP contribution in [0.1, 0.15) is 71.1 Å². The minimum atomic E-state index is 0.229. The number of hydrogen-bond acceptors (Lipinski definition) is 4. The summed E-state index contributed by atoms with van der Waals surface area (Å²) in [6.45, 7) is 4.38. The third-order valence-corrected chi connectivity index (χ3v) is 6.98. The highest BCUT2D eigenvalue weighted by Crippen LogP contribution is 2.40. The molecule has 0 aromatic carbocycles. The smallest absolute Gasteiger partial charge is 0.132 e. The summed E-state index contributed by atoms with van der Waals surface area (Å²) < 4.78 is 2.43. The molecule has 1 aliphatic heterocycles. The molecule has 5 heteroatoms. The summed E-state index contributed by atoms with van der Waals surface area (Å²) in [5.41, 5.74) is 7.03. The van der Waals surface area contributed by atoms with Crippen LogP contribution in [0.2, 0.25) is 0 Å². The summed E-state index contributed by atoms with van der Waals surface area (Å²) in [7, 11) is 0. The van der Waals surface area contributed by atoms with Crippen LogP contribution in [0, 0.1) is 17.2 Å². The molecule has 0 atom stereocenters. The van der Waals surface area contributed by atoms with E-state index in [2.05, 4.69) is 16.3 Å². The minimum absolute atomic E-state index is 0.229. The van der Waals surface area contributed by atoms with E-state index in [4.69, 9.17) is 11.1 Å². The summed E-state index contributed by atoms with van der Waals surface area (Å²) >= 11 is 1.71. The second-order valence-corrected chi connectivity index (χ2v) is 8.56. The largest absolute Gasteiger partial charge is 0.383 e. The van der Waals surface area contributed by atoms with Crippen molar-refractivity contribution in [2.45, 2.75) is 71.1 Å². The number of hydrazine groups is 1.